The summed E-state index contributed by atoms with van der Waals surface area (Å²) in [5, 5.41) is 2.50. The molecular weight excluding hydrogens is 316 g/mol. The second kappa shape index (κ2) is 5.94. The van der Waals surface area contributed by atoms with Crippen LogP contribution in [0.3, 0.4) is 0 Å². The normalized spacial score (nSPS) is 20.7. The zero-order valence-corrected chi connectivity index (χ0v) is 14.5. The third kappa shape index (κ3) is 2.56. The van der Waals surface area contributed by atoms with Crippen LogP contribution in [0.2, 0.25) is 0 Å². The van der Waals surface area contributed by atoms with Crippen LogP contribution in [0.1, 0.15) is 31.0 Å². The number of benzene rings is 2. The van der Waals surface area contributed by atoms with E-state index in [4.69, 9.17) is 10.5 Å². The maximum atomic E-state index is 5.95. The van der Waals surface area contributed by atoms with Gasteiger partial charge in [0, 0.05) is 25.7 Å². The minimum atomic E-state index is -0.0952. The Bertz CT molecular complexity index is 1020. The molecule has 3 nitrogen and oxygen atoms in total. The number of rotatable bonds is 1. The van der Waals surface area contributed by atoms with Crippen molar-refractivity contribution < 1.29 is 4.74 Å². The number of nitrogens with zero attached hydrogens (tertiary/aromatic N) is 1. The number of nitrogens with two attached hydrogens (primary N) is 1. The van der Waals surface area contributed by atoms with E-state index in [9.17, 15) is 0 Å². The van der Waals surface area contributed by atoms with Crippen molar-refractivity contribution in [3.05, 3.63) is 47.5 Å². The molecule has 4 heteroatoms. The predicted octanol–water partition coefficient (Wildman–Crippen LogP) is 4.24. The van der Waals surface area contributed by atoms with Gasteiger partial charge in [0.1, 0.15) is 18.0 Å². The molecule has 1 aliphatic heterocycles. The molecular formula is C20H18N2OS. The number of amidine groups is 1. The van der Waals surface area contributed by atoms with Gasteiger partial charge in [0.2, 0.25) is 0 Å². The van der Waals surface area contributed by atoms with Crippen LogP contribution >= 0.6 is 11.3 Å². The third-order valence-corrected chi connectivity index (χ3v) is 5.52. The lowest BCUT2D eigenvalue weighted by Gasteiger charge is -2.24. The van der Waals surface area contributed by atoms with E-state index in [-0.39, 0.29) is 12.1 Å². The summed E-state index contributed by atoms with van der Waals surface area (Å²) in [6.07, 6.45) is -0.0952. The molecule has 2 atom stereocenters. The van der Waals surface area contributed by atoms with Crippen molar-refractivity contribution in [3.8, 4) is 11.8 Å². The summed E-state index contributed by atoms with van der Waals surface area (Å²) in [7, 11) is 0. The fourth-order valence-corrected chi connectivity index (χ4v) is 4.10. The van der Waals surface area contributed by atoms with Crippen LogP contribution in [0.25, 0.3) is 20.2 Å². The highest BCUT2D eigenvalue weighted by molar-refractivity contribution is 7.25. The molecule has 2 aromatic carbocycles. The summed E-state index contributed by atoms with van der Waals surface area (Å²) < 4.78 is 8.27. The van der Waals surface area contributed by atoms with Crippen LogP contribution in [0.4, 0.5) is 0 Å². The quantitative estimate of drug-likeness (QED) is 0.677. The molecule has 0 spiro atoms. The molecule has 0 bridgehead atoms. The highest BCUT2D eigenvalue weighted by Gasteiger charge is 2.21. The summed E-state index contributed by atoms with van der Waals surface area (Å²) >= 11 is 1.80. The van der Waals surface area contributed by atoms with E-state index in [0.717, 1.165) is 11.1 Å². The highest BCUT2D eigenvalue weighted by Crippen LogP contribution is 2.36. The van der Waals surface area contributed by atoms with Crippen molar-refractivity contribution in [2.24, 2.45) is 10.7 Å². The number of thiophene rings is 1. The molecule has 0 saturated heterocycles. The summed E-state index contributed by atoms with van der Waals surface area (Å²) in [6.45, 7) is 4.36. The van der Waals surface area contributed by atoms with Gasteiger partial charge in [0.15, 0.2) is 0 Å². The number of ether oxygens (including phenoxy) is 1. The molecule has 2 unspecified atom stereocenters. The van der Waals surface area contributed by atoms with Gasteiger partial charge in [-0.1, -0.05) is 12.0 Å². The average Bonchev–Trinajstić information content (AvgIpc) is 2.95. The summed E-state index contributed by atoms with van der Waals surface area (Å²) in [6, 6.07) is 12.9. The van der Waals surface area contributed by atoms with Crippen LogP contribution in [0.5, 0.6) is 0 Å². The minimum absolute atomic E-state index is 0.0285. The van der Waals surface area contributed by atoms with Gasteiger partial charge in [-0.15, -0.1) is 17.3 Å². The molecule has 0 amide bonds. The maximum absolute atomic E-state index is 5.95. The third-order valence-electron chi connectivity index (χ3n) is 4.37. The van der Waals surface area contributed by atoms with Gasteiger partial charge in [0.05, 0.1) is 6.61 Å². The molecule has 1 aliphatic rings. The van der Waals surface area contributed by atoms with Crippen LogP contribution in [-0.2, 0) is 4.74 Å². The van der Waals surface area contributed by atoms with E-state index in [0.29, 0.717) is 12.4 Å². The summed E-state index contributed by atoms with van der Waals surface area (Å²) in [5.41, 5.74) is 8.15. The van der Waals surface area contributed by atoms with E-state index >= 15 is 0 Å². The zero-order valence-electron chi connectivity index (χ0n) is 13.7. The van der Waals surface area contributed by atoms with Crippen LogP contribution in [-0.4, -0.2) is 18.5 Å². The van der Waals surface area contributed by atoms with Crippen molar-refractivity contribution in [2.75, 3.05) is 6.61 Å². The standard InChI is InChI=1S/C20H18N2OS/c1-3-4-13-5-7-18-15(9-13)16-10-14(6-8-19(16)24-18)17-11-23-12(2)20(21)22-17/h5-10,12,17H,11H2,1-2H3,(H2,21,22). The zero-order chi connectivity index (χ0) is 16.7. The molecule has 0 aliphatic carbocycles. The first-order valence-corrected chi connectivity index (χ1v) is 8.81. The predicted molar refractivity (Wildman–Crippen MR) is 102 cm³/mol. The molecule has 1 aromatic heterocycles. The van der Waals surface area contributed by atoms with Gasteiger partial charge in [-0.3, -0.25) is 4.99 Å². The van der Waals surface area contributed by atoms with Gasteiger partial charge in [-0.2, -0.15) is 0 Å². The van der Waals surface area contributed by atoms with Crippen molar-refractivity contribution in [3.63, 3.8) is 0 Å². The molecule has 24 heavy (non-hydrogen) atoms. The van der Waals surface area contributed by atoms with E-state index in [1.54, 1.807) is 11.3 Å². The second-order valence-corrected chi connectivity index (χ2v) is 7.07. The molecule has 2 heterocycles. The van der Waals surface area contributed by atoms with E-state index in [2.05, 4.69) is 53.2 Å². The fraction of sp³-hybridized carbons (Fsp3) is 0.250. The number of hydrogen-bond donors (Lipinski definition) is 1. The second-order valence-electron chi connectivity index (χ2n) is 5.99. The number of fused-ring (bicyclic) bond motifs is 3. The van der Waals surface area contributed by atoms with Gasteiger partial charge in [0.25, 0.3) is 0 Å². The summed E-state index contributed by atoms with van der Waals surface area (Å²) in [4.78, 5) is 4.60. The number of aliphatic imine (C=N–C) groups is 1. The van der Waals surface area contributed by atoms with Crippen molar-refractivity contribution in [1.82, 2.24) is 0 Å². The fourth-order valence-electron chi connectivity index (χ4n) is 3.04. The SMILES string of the molecule is CC#Cc1ccc2sc3ccc(C4COC(C)C(N)=N4)cc3c2c1. The van der Waals surface area contributed by atoms with Crippen LogP contribution in [0.15, 0.2) is 41.4 Å². The Morgan fingerprint density at radius 1 is 1.17 bits per heavy atom. The minimum Gasteiger partial charge on any atom is -0.385 e. The van der Waals surface area contributed by atoms with Crippen LogP contribution < -0.4 is 5.73 Å². The molecule has 4 rings (SSSR count). The van der Waals surface area contributed by atoms with E-state index in [1.807, 2.05) is 13.8 Å². The molecule has 2 N–H and O–H groups in total. The Morgan fingerprint density at radius 3 is 2.67 bits per heavy atom. The first kappa shape index (κ1) is 15.2. The van der Waals surface area contributed by atoms with Gasteiger partial charge in [-0.05, 0) is 49.7 Å². The van der Waals surface area contributed by atoms with Crippen molar-refractivity contribution in [2.45, 2.75) is 26.0 Å². The Hall–Kier alpha value is -2.35. The molecule has 3 aromatic rings. The van der Waals surface area contributed by atoms with Crippen molar-refractivity contribution >= 4 is 37.3 Å². The topological polar surface area (TPSA) is 47.6 Å². The average molecular weight is 334 g/mol. The lowest BCUT2D eigenvalue weighted by molar-refractivity contribution is 0.0849. The molecule has 0 saturated carbocycles. The van der Waals surface area contributed by atoms with Crippen molar-refractivity contribution in [1.29, 1.82) is 0 Å². The molecule has 120 valence electrons. The summed E-state index contributed by atoms with van der Waals surface area (Å²) in [5.74, 6) is 6.68. The Kier molecular flexibility index (Phi) is 3.76. The largest absolute Gasteiger partial charge is 0.385 e. The van der Waals surface area contributed by atoms with Gasteiger partial charge in [-0.25, -0.2) is 0 Å². The monoisotopic (exact) mass is 334 g/mol. The van der Waals surface area contributed by atoms with Gasteiger partial charge < -0.3 is 10.5 Å². The molecule has 0 fully saturated rings. The van der Waals surface area contributed by atoms with E-state index in [1.165, 1.54) is 20.2 Å². The Labute approximate surface area is 145 Å². The first-order valence-electron chi connectivity index (χ1n) is 7.99. The first-order chi connectivity index (χ1) is 11.7. The number of hydrogen-bond acceptors (Lipinski definition) is 4. The highest BCUT2D eigenvalue weighted by atomic mass is 32.1. The Balaban J connectivity index is 1.85. The molecule has 0 radical (unpaired) electrons. The lowest BCUT2D eigenvalue weighted by atomic mass is 10.0. The Morgan fingerprint density at radius 2 is 1.92 bits per heavy atom. The van der Waals surface area contributed by atoms with Gasteiger partial charge >= 0.3 is 0 Å². The smallest absolute Gasteiger partial charge is 0.124 e. The maximum Gasteiger partial charge on any atom is 0.124 e. The lowest BCUT2D eigenvalue weighted by Crippen LogP contribution is -2.35. The van der Waals surface area contributed by atoms with Crippen LogP contribution in [0, 0.1) is 11.8 Å². The van der Waals surface area contributed by atoms with E-state index < -0.39 is 0 Å².